The molecule has 0 spiro atoms. The molecular formula is C108H120N3+3. The van der Waals surface area contributed by atoms with E-state index in [4.69, 9.17) is 0 Å². The van der Waals surface area contributed by atoms with Gasteiger partial charge in [0.2, 0.25) is 17.1 Å². The highest BCUT2D eigenvalue weighted by Crippen LogP contribution is 2.61. The summed E-state index contributed by atoms with van der Waals surface area (Å²) in [5.41, 5.74) is 40.4. The fourth-order valence-corrected chi connectivity index (χ4v) is 21.3. The second-order valence-electron chi connectivity index (χ2n) is 37.9. The third kappa shape index (κ3) is 12.1. The molecule has 13 aromatic rings. The summed E-state index contributed by atoms with van der Waals surface area (Å²) in [6.45, 7) is 45.2. The first-order valence-corrected chi connectivity index (χ1v) is 41.9. The van der Waals surface area contributed by atoms with Gasteiger partial charge >= 0.3 is 0 Å². The second-order valence-corrected chi connectivity index (χ2v) is 37.9. The van der Waals surface area contributed by atoms with Crippen molar-refractivity contribution >= 4 is 32.3 Å². The van der Waals surface area contributed by atoms with Crippen LogP contribution in [0.15, 0.2) is 207 Å². The van der Waals surface area contributed by atoms with Gasteiger partial charge in [-0.05, 0) is 264 Å². The molecule has 0 radical (unpaired) electrons. The maximum atomic E-state index is 2.49. The molecule has 5 aliphatic carbocycles. The minimum atomic E-state index is -0.0443. The van der Waals surface area contributed by atoms with Crippen molar-refractivity contribution in [2.24, 2.45) is 21.1 Å². The molecule has 3 heteroatoms. The Kier molecular flexibility index (Phi) is 18.8. The SMILES string of the molecule is Cc1cc(-c2c(C)ccc3c2-c2cc4ccccc4cc2C(C)(C)C3(C)C)[n+](C)cc1C1CCCC1.Cc1cc(-c2c(C)ccc3c2-c2ccc4ccccc4c2C(C)(C)C3(C)C)[n+](C)cc1C1CCCCC1.Cc1ccc(-c2c[n+](C)c(-c3cc4c(cc3C)-c3ccc5ccccc5c3C(C)(C)C4(C)C)cc2C)cc1. The first-order chi connectivity index (χ1) is 52.7. The van der Waals surface area contributed by atoms with E-state index in [0.717, 1.165) is 5.92 Å². The molecule has 2 saturated carbocycles. The van der Waals surface area contributed by atoms with Gasteiger partial charge in [0.15, 0.2) is 18.6 Å². The number of pyridine rings is 3. The van der Waals surface area contributed by atoms with Gasteiger partial charge < -0.3 is 0 Å². The molecule has 0 amide bonds. The smallest absolute Gasteiger partial charge is 0.201 e. The third-order valence-electron chi connectivity index (χ3n) is 29.9. The third-order valence-corrected chi connectivity index (χ3v) is 29.9. The van der Waals surface area contributed by atoms with Crippen molar-refractivity contribution in [1.29, 1.82) is 0 Å². The molecule has 10 aromatic carbocycles. The molecule has 3 aromatic heterocycles. The molecule has 3 heterocycles. The lowest BCUT2D eigenvalue weighted by Gasteiger charge is -2.49. The van der Waals surface area contributed by atoms with Gasteiger partial charge in [-0.2, -0.15) is 0 Å². The van der Waals surface area contributed by atoms with E-state index in [2.05, 4.69) is 373 Å². The minimum absolute atomic E-state index is 0.00234. The second kappa shape index (κ2) is 27.7. The molecule has 0 saturated heterocycles. The average molecular weight is 1460 g/mol. The Hall–Kier alpha value is -9.57. The van der Waals surface area contributed by atoms with Crippen LogP contribution in [0.5, 0.6) is 0 Å². The van der Waals surface area contributed by atoms with E-state index < -0.39 is 0 Å². The molecule has 5 aliphatic rings. The summed E-state index contributed by atoms with van der Waals surface area (Å²) >= 11 is 0. The fourth-order valence-electron chi connectivity index (χ4n) is 21.3. The van der Waals surface area contributed by atoms with E-state index in [1.807, 2.05) is 0 Å². The molecule has 111 heavy (non-hydrogen) atoms. The Morgan fingerprint density at radius 2 is 0.676 bits per heavy atom. The topological polar surface area (TPSA) is 11.6 Å². The first kappa shape index (κ1) is 75.5. The van der Waals surface area contributed by atoms with Crippen LogP contribution < -0.4 is 13.7 Å². The summed E-state index contributed by atoms with van der Waals surface area (Å²) in [6.07, 6.45) is 19.4. The van der Waals surface area contributed by atoms with Crippen LogP contribution in [0.2, 0.25) is 0 Å². The Morgan fingerprint density at radius 3 is 1.21 bits per heavy atom. The number of aromatic nitrogens is 3. The van der Waals surface area contributed by atoms with Crippen LogP contribution in [0.25, 0.3) is 111 Å². The van der Waals surface area contributed by atoms with Gasteiger partial charge in [0.25, 0.3) is 0 Å². The maximum Gasteiger partial charge on any atom is 0.213 e. The summed E-state index contributed by atoms with van der Waals surface area (Å²) in [4.78, 5) is 0. The largest absolute Gasteiger partial charge is 0.213 e. The van der Waals surface area contributed by atoms with Crippen LogP contribution in [-0.4, -0.2) is 0 Å². The van der Waals surface area contributed by atoms with Gasteiger partial charge in [-0.1, -0.05) is 272 Å². The highest BCUT2D eigenvalue weighted by atomic mass is 14.9. The van der Waals surface area contributed by atoms with E-state index in [1.54, 1.807) is 11.1 Å². The van der Waals surface area contributed by atoms with Crippen molar-refractivity contribution in [3.8, 4) is 78.3 Å². The van der Waals surface area contributed by atoms with Crippen LogP contribution in [-0.2, 0) is 53.6 Å². The highest BCUT2D eigenvalue weighted by Gasteiger charge is 2.51. The van der Waals surface area contributed by atoms with Gasteiger partial charge in [0.05, 0.1) is 11.1 Å². The molecule has 0 bridgehead atoms. The zero-order valence-electron chi connectivity index (χ0n) is 71.0. The summed E-state index contributed by atoms with van der Waals surface area (Å²) in [5.74, 6) is 1.44. The number of benzene rings is 10. The number of hydrogen-bond acceptors (Lipinski definition) is 0. The molecule has 0 atom stereocenters. The van der Waals surface area contributed by atoms with Crippen molar-refractivity contribution in [3.63, 3.8) is 0 Å². The molecule has 0 N–H and O–H groups in total. The normalized spacial score (nSPS) is 17.3. The van der Waals surface area contributed by atoms with E-state index in [1.165, 1.54) is 241 Å². The Morgan fingerprint density at radius 1 is 0.270 bits per heavy atom. The predicted molar refractivity (Wildman–Crippen MR) is 472 cm³/mol. The average Bonchev–Trinajstić information content (AvgIpc) is 1.24. The van der Waals surface area contributed by atoms with Gasteiger partial charge in [-0.3, -0.25) is 0 Å². The van der Waals surface area contributed by atoms with Gasteiger partial charge in [-0.25, -0.2) is 13.7 Å². The van der Waals surface area contributed by atoms with Crippen LogP contribution >= 0.6 is 0 Å². The monoisotopic (exact) mass is 1460 g/mol. The van der Waals surface area contributed by atoms with E-state index in [-0.39, 0.29) is 32.5 Å². The standard InChI is InChI=1S/C37H38N.C36H42N.C35H40N/c1-23-13-15-27(16-14-23)32-22-38(8)34(20-25(32)3)30-21-33-31(19-24(30)2)29-18-17-26-11-9-10-12-28(26)35(29)37(6,7)36(33,4)5;1-23-17-20-30-33(32(23)31-21-24(2)29(22-37(31)7)25-13-9-8-10-14-25)28-19-18-26-15-11-12-16-27(26)34(28)36(5,6)35(30,3)4;1-22-16-17-29-33(32(22)31-18-23(2)28(21-36(31)7)24-12-8-9-13-24)27-19-25-14-10-11-15-26(25)20-30(27)35(5,6)34(29,3)4/h9-22H,1-8H3;11-12,15-22,25H,8-10,13-14H2,1-7H3;10-11,14-21,24H,8-9,12-13H2,1-7H3/q3*+1. The zero-order valence-corrected chi connectivity index (χ0v) is 71.0. The van der Waals surface area contributed by atoms with E-state index in [0.29, 0.717) is 5.92 Å². The summed E-state index contributed by atoms with van der Waals surface area (Å²) in [6, 6.07) is 71.6. The number of aryl methyl sites for hydroxylation is 10. The van der Waals surface area contributed by atoms with Crippen molar-refractivity contribution < 1.29 is 13.7 Å². The van der Waals surface area contributed by atoms with Gasteiger partial charge in [0.1, 0.15) is 21.1 Å². The van der Waals surface area contributed by atoms with Crippen LogP contribution in [0.1, 0.15) is 236 Å². The highest BCUT2D eigenvalue weighted by molar-refractivity contribution is 6.01. The Bertz CT molecular complexity index is 5930. The van der Waals surface area contributed by atoms with Crippen molar-refractivity contribution in [3.05, 3.63) is 290 Å². The predicted octanol–water partition coefficient (Wildman–Crippen LogP) is 27.2. The van der Waals surface area contributed by atoms with Crippen LogP contribution in [0.3, 0.4) is 0 Å². The molecular weight excluding hydrogens is 1340 g/mol. The molecule has 564 valence electrons. The summed E-state index contributed by atoms with van der Waals surface area (Å²) < 4.78 is 7.14. The number of fused-ring (bicyclic) bond motifs is 14. The lowest BCUT2D eigenvalue weighted by Crippen LogP contribution is -2.44. The van der Waals surface area contributed by atoms with Crippen molar-refractivity contribution in [1.82, 2.24) is 0 Å². The Labute approximate surface area is 664 Å². The van der Waals surface area contributed by atoms with Crippen molar-refractivity contribution in [2.45, 2.75) is 234 Å². The Balaban J connectivity index is 0.000000126. The number of rotatable bonds is 6. The lowest BCUT2D eigenvalue weighted by atomic mass is 9.54. The molecule has 0 unspecified atom stereocenters. The summed E-state index contributed by atoms with van der Waals surface area (Å²) in [5, 5.41) is 8.08. The van der Waals surface area contributed by atoms with E-state index >= 15 is 0 Å². The van der Waals surface area contributed by atoms with E-state index in [9.17, 15) is 0 Å². The molecule has 2 fully saturated rings. The molecule has 3 nitrogen and oxygen atoms in total. The number of hydrogen-bond donors (Lipinski definition) is 0. The van der Waals surface area contributed by atoms with Gasteiger partial charge in [-0.15, -0.1) is 0 Å². The minimum Gasteiger partial charge on any atom is -0.201 e. The van der Waals surface area contributed by atoms with Crippen LogP contribution in [0, 0.1) is 48.5 Å². The quantitative estimate of drug-likeness (QED) is 0.147. The van der Waals surface area contributed by atoms with Crippen molar-refractivity contribution in [2.75, 3.05) is 0 Å². The summed E-state index contributed by atoms with van der Waals surface area (Å²) in [7, 11) is 6.70. The fraction of sp³-hybridized carbons (Fsp3) is 0.361. The maximum absolute atomic E-state index is 2.49. The molecule has 0 aliphatic heterocycles. The molecule has 18 rings (SSSR count). The number of nitrogens with zero attached hydrogens (tertiary/aromatic N) is 3. The zero-order chi connectivity index (χ0) is 78.5. The van der Waals surface area contributed by atoms with Crippen LogP contribution in [0.4, 0.5) is 0 Å². The first-order valence-electron chi connectivity index (χ1n) is 41.9. The lowest BCUT2D eigenvalue weighted by molar-refractivity contribution is -0.661. The van der Waals surface area contributed by atoms with Gasteiger partial charge in [0, 0.05) is 51.3 Å².